The van der Waals surface area contributed by atoms with Gasteiger partial charge >= 0.3 is 12.2 Å². The van der Waals surface area contributed by atoms with E-state index in [9.17, 15) is 9.59 Å². The molecule has 1 heterocycles. The fourth-order valence-corrected chi connectivity index (χ4v) is 2.32. The largest absolute Gasteiger partial charge is 0.452 e. The van der Waals surface area contributed by atoms with E-state index in [0.29, 0.717) is 13.0 Å². The lowest BCUT2D eigenvalue weighted by molar-refractivity contribution is -0.0262. The zero-order valence-corrected chi connectivity index (χ0v) is 12.5. The first kappa shape index (κ1) is 15.2. The Morgan fingerprint density at radius 3 is 2.48 bits per heavy atom. The maximum atomic E-state index is 12.3. The summed E-state index contributed by atoms with van der Waals surface area (Å²) >= 11 is 0. The maximum Gasteiger partial charge on any atom is 0.429 e. The Bertz CT molecular complexity index is 516. The molecule has 114 valence electrons. The van der Waals surface area contributed by atoms with Crippen molar-refractivity contribution in [2.24, 2.45) is 0 Å². The van der Waals surface area contributed by atoms with Gasteiger partial charge in [0.1, 0.15) is 6.61 Å². The predicted octanol–water partition coefficient (Wildman–Crippen LogP) is 2.79. The van der Waals surface area contributed by atoms with Crippen molar-refractivity contribution in [2.45, 2.75) is 32.4 Å². The number of benzene rings is 1. The van der Waals surface area contributed by atoms with Crippen LogP contribution < -0.4 is 0 Å². The standard InChI is InChI=1S/C15H20N2O4/c1-15(2)9-10-16(13(18)20-3)17(15)14(19)21-11-12-7-5-4-6-8-12/h4-8H,9-11H2,1-3H3. The summed E-state index contributed by atoms with van der Waals surface area (Å²) in [5.41, 5.74) is 0.412. The molecule has 6 nitrogen and oxygen atoms in total. The Labute approximate surface area is 124 Å². The monoisotopic (exact) mass is 292 g/mol. The Morgan fingerprint density at radius 1 is 1.19 bits per heavy atom. The molecule has 1 aromatic rings. The zero-order chi connectivity index (χ0) is 15.5. The van der Waals surface area contributed by atoms with Crippen molar-refractivity contribution in [1.29, 1.82) is 0 Å². The average molecular weight is 292 g/mol. The van der Waals surface area contributed by atoms with Gasteiger partial charge in [-0.1, -0.05) is 30.3 Å². The molecule has 1 saturated heterocycles. The minimum Gasteiger partial charge on any atom is -0.452 e. The molecule has 0 N–H and O–H groups in total. The van der Waals surface area contributed by atoms with E-state index in [1.807, 2.05) is 44.2 Å². The molecule has 0 saturated carbocycles. The fourth-order valence-electron chi connectivity index (χ4n) is 2.32. The summed E-state index contributed by atoms with van der Waals surface area (Å²) in [5.74, 6) is 0. The molecule has 0 atom stereocenters. The van der Waals surface area contributed by atoms with E-state index in [0.717, 1.165) is 5.56 Å². The third-order valence-electron chi connectivity index (χ3n) is 3.51. The Kier molecular flexibility index (Phi) is 4.35. The minimum atomic E-state index is -0.558. The lowest BCUT2D eigenvalue weighted by Gasteiger charge is -2.34. The van der Waals surface area contributed by atoms with Crippen molar-refractivity contribution >= 4 is 12.2 Å². The lowest BCUT2D eigenvalue weighted by atomic mass is 10.0. The van der Waals surface area contributed by atoms with Gasteiger partial charge in [-0.2, -0.15) is 0 Å². The van der Waals surface area contributed by atoms with E-state index in [4.69, 9.17) is 9.47 Å². The highest BCUT2D eigenvalue weighted by Crippen LogP contribution is 2.30. The molecule has 2 amide bonds. The van der Waals surface area contributed by atoms with Gasteiger partial charge in [-0.15, -0.1) is 0 Å². The molecule has 0 radical (unpaired) electrons. The van der Waals surface area contributed by atoms with Gasteiger partial charge in [-0.25, -0.2) is 19.6 Å². The van der Waals surface area contributed by atoms with Gasteiger partial charge < -0.3 is 9.47 Å². The number of carbonyl (C=O) groups excluding carboxylic acids is 2. The van der Waals surface area contributed by atoms with Crippen molar-refractivity contribution < 1.29 is 19.1 Å². The number of amides is 2. The van der Waals surface area contributed by atoms with Crippen LogP contribution in [-0.4, -0.2) is 41.4 Å². The van der Waals surface area contributed by atoms with Crippen molar-refractivity contribution in [3.63, 3.8) is 0 Å². The summed E-state index contributed by atoms with van der Waals surface area (Å²) in [6.45, 7) is 4.38. The first-order chi connectivity index (χ1) is 9.95. The average Bonchev–Trinajstić information content (AvgIpc) is 2.80. The van der Waals surface area contributed by atoms with Crippen LogP contribution in [0.15, 0.2) is 30.3 Å². The number of hydrazine groups is 1. The highest BCUT2D eigenvalue weighted by molar-refractivity contribution is 5.75. The number of ether oxygens (including phenoxy) is 2. The molecular formula is C15H20N2O4. The molecule has 2 rings (SSSR count). The van der Waals surface area contributed by atoms with Crippen LogP contribution in [0.2, 0.25) is 0 Å². The van der Waals surface area contributed by atoms with Gasteiger partial charge in [0.2, 0.25) is 0 Å². The number of hydrogen-bond acceptors (Lipinski definition) is 4. The van der Waals surface area contributed by atoms with Crippen molar-refractivity contribution in [1.82, 2.24) is 10.0 Å². The van der Waals surface area contributed by atoms with Gasteiger partial charge in [0.15, 0.2) is 0 Å². The molecule has 0 aromatic heterocycles. The summed E-state index contributed by atoms with van der Waals surface area (Å²) < 4.78 is 10.0. The molecule has 0 aliphatic carbocycles. The van der Waals surface area contributed by atoms with Crippen LogP contribution in [0.3, 0.4) is 0 Å². The number of carbonyl (C=O) groups is 2. The summed E-state index contributed by atoms with van der Waals surface area (Å²) in [4.78, 5) is 24.1. The second-order valence-corrected chi connectivity index (χ2v) is 5.51. The second-order valence-electron chi connectivity index (χ2n) is 5.51. The first-order valence-corrected chi connectivity index (χ1v) is 6.82. The number of rotatable bonds is 2. The van der Waals surface area contributed by atoms with Gasteiger partial charge in [-0.05, 0) is 25.8 Å². The molecule has 0 bridgehead atoms. The van der Waals surface area contributed by atoms with Crippen molar-refractivity contribution in [3.05, 3.63) is 35.9 Å². The van der Waals surface area contributed by atoms with Gasteiger partial charge in [-0.3, -0.25) is 0 Å². The summed E-state index contributed by atoms with van der Waals surface area (Å²) in [5, 5.41) is 2.62. The molecule has 1 aliphatic rings. The Hall–Kier alpha value is -2.24. The normalized spacial score (nSPS) is 16.7. The van der Waals surface area contributed by atoms with Crippen LogP contribution in [0.1, 0.15) is 25.8 Å². The van der Waals surface area contributed by atoms with Crippen LogP contribution >= 0.6 is 0 Å². The third kappa shape index (κ3) is 3.26. The van der Waals surface area contributed by atoms with Crippen LogP contribution in [0.4, 0.5) is 9.59 Å². The Balaban J connectivity index is 2.06. The van der Waals surface area contributed by atoms with Crippen molar-refractivity contribution in [2.75, 3.05) is 13.7 Å². The topological polar surface area (TPSA) is 59.1 Å². The van der Waals surface area contributed by atoms with Gasteiger partial charge in [0, 0.05) is 6.54 Å². The molecule has 21 heavy (non-hydrogen) atoms. The van der Waals surface area contributed by atoms with Crippen LogP contribution in [0.25, 0.3) is 0 Å². The van der Waals surface area contributed by atoms with Crippen molar-refractivity contribution in [3.8, 4) is 0 Å². The molecular weight excluding hydrogens is 272 g/mol. The van der Waals surface area contributed by atoms with Crippen LogP contribution in [0, 0.1) is 0 Å². The lowest BCUT2D eigenvalue weighted by Crippen LogP contribution is -2.52. The highest BCUT2D eigenvalue weighted by Gasteiger charge is 2.45. The molecule has 6 heteroatoms. The fraction of sp³-hybridized carbons (Fsp3) is 0.467. The summed E-state index contributed by atoms with van der Waals surface area (Å²) in [6, 6.07) is 9.41. The highest BCUT2D eigenvalue weighted by atomic mass is 16.6. The van der Waals surface area contributed by atoms with E-state index < -0.39 is 17.7 Å². The summed E-state index contributed by atoms with van der Waals surface area (Å²) in [6.07, 6.45) is -0.438. The van der Waals surface area contributed by atoms with E-state index in [2.05, 4.69) is 0 Å². The predicted molar refractivity (Wildman–Crippen MR) is 76.3 cm³/mol. The smallest absolute Gasteiger partial charge is 0.429 e. The Morgan fingerprint density at radius 2 is 1.86 bits per heavy atom. The van der Waals surface area contributed by atoms with E-state index in [1.165, 1.54) is 17.1 Å². The molecule has 0 spiro atoms. The molecule has 1 fully saturated rings. The third-order valence-corrected chi connectivity index (χ3v) is 3.51. The molecule has 1 aromatic carbocycles. The van der Waals surface area contributed by atoms with E-state index in [-0.39, 0.29) is 6.61 Å². The minimum absolute atomic E-state index is 0.168. The molecule has 1 aliphatic heterocycles. The second kappa shape index (κ2) is 6.03. The maximum absolute atomic E-state index is 12.3. The number of methoxy groups -OCH3 is 1. The van der Waals surface area contributed by atoms with Crippen LogP contribution in [-0.2, 0) is 16.1 Å². The number of hydrogen-bond donors (Lipinski definition) is 0. The zero-order valence-electron chi connectivity index (χ0n) is 12.5. The SMILES string of the molecule is COC(=O)N1CCC(C)(C)N1C(=O)OCc1ccccc1. The number of nitrogens with zero attached hydrogens (tertiary/aromatic N) is 2. The van der Waals surface area contributed by atoms with Gasteiger partial charge in [0.25, 0.3) is 0 Å². The van der Waals surface area contributed by atoms with Gasteiger partial charge in [0.05, 0.1) is 12.6 Å². The van der Waals surface area contributed by atoms with Crippen LogP contribution in [0.5, 0.6) is 0 Å². The quantitative estimate of drug-likeness (QED) is 0.841. The molecule has 0 unspecified atom stereocenters. The summed E-state index contributed by atoms with van der Waals surface area (Å²) in [7, 11) is 1.29. The van der Waals surface area contributed by atoms with E-state index in [1.54, 1.807) is 0 Å². The first-order valence-electron chi connectivity index (χ1n) is 6.82. The van der Waals surface area contributed by atoms with E-state index >= 15 is 0 Å².